The highest BCUT2D eigenvalue weighted by atomic mass is 35.5. The van der Waals surface area contributed by atoms with Gasteiger partial charge in [-0.05, 0) is 25.8 Å². The molecule has 1 heterocycles. The molecule has 1 saturated heterocycles. The number of hydrogen-bond acceptors (Lipinski definition) is 6. The van der Waals surface area contributed by atoms with Gasteiger partial charge in [-0.2, -0.15) is 0 Å². The number of halogens is 1. The Morgan fingerprint density at radius 2 is 1.89 bits per heavy atom. The molecule has 1 aliphatic heterocycles. The van der Waals surface area contributed by atoms with Gasteiger partial charge in [0.05, 0.1) is 19.1 Å². The van der Waals surface area contributed by atoms with Gasteiger partial charge in [0, 0.05) is 5.92 Å². The van der Waals surface area contributed by atoms with Crippen LogP contribution in [0.25, 0.3) is 0 Å². The summed E-state index contributed by atoms with van der Waals surface area (Å²) in [6.07, 6.45) is -0.554. The monoisotopic (exact) mass is 399 g/mol. The van der Waals surface area contributed by atoms with Crippen molar-refractivity contribution in [2.45, 2.75) is 52.4 Å². The fourth-order valence-electron chi connectivity index (χ4n) is 2.89. The summed E-state index contributed by atoms with van der Waals surface area (Å²) in [6.45, 7) is 7.73. The number of cyclic esters (lactones) is 1. The van der Waals surface area contributed by atoms with Gasteiger partial charge >= 0.3 is 11.9 Å². The Morgan fingerprint density at radius 3 is 2.48 bits per heavy atom. The summed E-state index contributed by atoms with van der Waals surface area (Å²) >= 11 is 0. The number of hydrogen-bond donors (Lipinski definition) is 1. The number of carbonyl (C=O) groups excluding carboxylic acids is 2. The van der Waals surface area contributed by atoms with Crippen LogP contribution in [0.3, 0.4) is 0 Å². The Kier molecular flexibility index (Phi) is 9.22. The molecule has 2 N–H and O–H groups in total. The predicted molar refractivity (Wildman–Crippen MR) is 105 cm³/mol. The molecule has 0 amide bonds. The minimum Gasteiger partial charge on any atom is -0.458 e. The lowest BCUT2D eigenvalue weighted by atomic mass is 9.91. The van der Waals surface area contributed by atoms with Crippen molar-refractivity contribution < 1.29 is 23.8 Å². The average Bonchev–Trinajstić information content (AvgIpc) is 2.63. The second-order valence-electron chi connectivity index (χ2n) is 7.29. The lowest BCUT2D eigenvalue weighted by Crippen LogP contribution is -2.43. The predicted octanol–water partition coefficient (Wildman–Crippen LogP) is 2.43. The molecule has 0 aromatic heterocycles. The van der Waals surface area contributed by atoms with Gasteiger partial charge in [-0.15, -0.1) is 12.4 Å². The Balaban J connectivity index is 0.00000364. The molecular formula is C20H30ClNO5. The molecule has 6 nitrogen and oxygen atoms in total. The second-order valence-corrected chi connectivity index (χ2v) is 7.29. The molecule has 152 valence electrons. The summed E-state index contributed by atoms with van der Waals surface area (Å²) in [6, 6.07) is 7.34. The zero-order valence-corrected chi connectivity index (χ0v) is 17.2. The standard InChI is InChI=1S/C20H29NO5.ClH/c1-12(2)19(22)26-18-14(4)25-20(23)17(21)11-24-10-16(18)9-15-7-5-13(3)6-8-15;/h5-8,12,14,16-18H,9-11,21H2,1-4H3;1H/t14-,16-,17-,18-;/m0./s1. The molecule has 0 bridgehead atoms. The number of aryl methyl sites for hydroxylation is 1. The van der Waals surface area contributed by atoms with Gasteiger partial charge in [0.15, 0.2) is 0 Å². The highest BCUT2D eigenvalue weighted by molar-refractivity contribution is 5.85. The molecule has 1 aromatic rings. The highest BCUT2D eigenvalue weighted by Crippen LogP contribution is 2.23. The fourth-order valence-corrected chi connectivity index (χ4v) is 2.89. The van der Waals surface area contributed by atoms with Crippen molar-refractivity contribution in [3.63, 3.8) is 0 Å². The minimum atomic E-state index is -0.836. The van der Waals surface area contributed by atoms with Crippen LogP contribution in [-0.4, -0.2) is 43.4 Å². The lowest BCUT2D eigenvalue weighted by Gasteiger charge is -2.31. The Morgan fingerprint density at radius 1 is 1.26 bits per heavy atom. The number of ether oxygens (including phenoxy) is 3. The molecule has 0 aliphatic carbocycles. The number of carbonyl (C=O) groups is 2. The van der Waals surface area contributed by atoms with E-state index in [4.69, 9.17) is 19.9 Å². The maximum Gasteiger partial charge on any atom is 0.325 e. The Hall–Kier alpha value is -1.63. The average molecular weight is 400 g/mol. The van der Waals surface area contributed by atoms with Crippen molar-refractivity contribution in [2.24, 2.45) is 17.6 Å². The van der Waals surface area contributed by atoms with Gasteiger partial charge in [0.1, 0.15) is 18.2 Å². The normalized spacial score (nSPS) is 26.2. The van der Waals surface area contributed by atoms with Gasteiger partial charge in [0.2, 0.25) is 0 Å². The van der Waals surface area contributed by atoms with Gasteiger partial charge in [-0.1, -0.05) is 43.7 Å². The molecule has 0 radical (unpaired) electrons. The van der Waals surface area contributed by atoms with Crippen LogP contribution < -0.4 is 5.73 Å². The van der Waals surface area contributed by atoms with Gasteiger partial charge in [-0.25, -0.2) is 0 Å². The van der Waals surface area contributed by atoms with Crippen LogP contribution in [-0.2, 0) is 30.2 Å². The Bertz CT molecular complexity index is 619. The highest BCUT2D eigenvalue weighted by Gasteiger charge is 2.36. The first-order chi connectivity index (χ1) is 12.3. The van der Waals surface area contributed by atoms with Crippen molar-refractivity contribution in [3.05, 3.63) is 35.4 Å². The number of benzene rings is 1. The summed E-state index contributed by atoms with van der Waals surface area (Å²) in [5.41, 5.74) is 8.07. The molecule has 0 saturated carbocycles. The van der Waals surface area contributed by atoms with Crippen LogP contribution in [0.15, 0.2) is 24.3 Å². The SMILES string of the molecule is Cc1ccc(C[C@H]2COC[C@H](N)C(=O)O[C@@H](C)[C@@H]2OC(=O)C(C)C)cc1.Cl. The summed E-state index contributed by atoms with van der Waals surface area (Å²) in [4.78, 5) is 24.2. The second kappa shape index (κ2) is 10.6. The molecule has 0 unspecified atom stereocenters. The maximum absolute atomic E-state index is 12.2. The van der Waals surface area contributed by atoms with E-state index in [0.29, 0.717) is 13.0 Å². The van der Waals surface area contributed by atoms with E-state index in [1.54, 1.807) is 20.8 Å². The first kappa shape index (κ1) is 23.4. The molecule has 0 spiro atoms. The molecule has 2 rings (SSSR count). The van der Waals surface area contributed by atoms with Crippen LogP contribution in [0.1, 0.15) is 31.9 Å². The van der Waals surface area contributed by atoms with E-state index in [1.165, 1.54) is 5.56 Å². The minimum absolute atomic E-state index is 0. The van der Waals surface area contributed by atoms with Crippen molar-refractivity contribution >= 4 is 24.3 Å². The van der Waals surface area contributed by atoms with E-state index in [1.807, 2.05) is 31.2 Å². The van der Waals surface area contributed by atoms with Gasteiger partial charge in [0.25, 0.3) is 0 Å². The maximum atomic E-state index is 12.2. The van der Waals surface area contributed by atoms with Crippen molar-refractivity contribution in [1.82, 2.24) is 0 Å². The van der Waals surface area contributed by atoms with Crippen LogP contribution in [0.4, 0.5) is 0 Å². The van der Waals surface area contributed by atoms with Crippen LogP contribution in [0.2, 0.25) is 0 Å². The van der Waals surface area contributed by atoms with E-state index < -0.39 is 24.2 Å². The van der Waals surface area contributed by atoms with Crippen LogP contribution in [0, 0.1) is 18.8 Å². The quantitative estimate of drug-likeness (QED) is 0.782. The zero-order chi connectivity index (χ0) is 19.3. The zero-order valence-electron chi connectivity index (χ0n) is 16.3. The van der Waals surface area contributed by atoms with Crippen molar-refractivity contribution in [3.8, 4) is 0 Å². The number of nitrogens with two attached hydrogens (primary N) is 1. The Labute approximate surface area is 167 Å². The summed E-state index contributed by atoms with van der Waals surface area (Å²) in [5, 5.41) is 0. The van der Waals surface area contributed by atoms with Gasteiger partial charge < -0.3 is 19.9 Å². The largest absolute Gasteiger partial charge is 0.458 e. The molecular weight excluding hydrogens is 370 g/mol. The smallest absolute Gasteiger partial charge is 0.325 e. The molecule has 1 aromatic carbocycles. The topological polar surface area (TPSA) is 87.8 Å². The molecule has 27 heavy (non-hydrogen) atoms. The molecule has 4 atom stereocenters. The lowest BCUT2D eigenvalue weighted by molar-refractivity contribution is -0.173. The number of rotatable bonds is 4. The summed E-state index contributed by atoms with van der Waals surface area (Å²) in [7, 11) is 0. The fraction of sp³-hybridized carbons (Fsp3) is 0.600. The van der Waals surface area contributed by atoms with E-state index in [9.17, 15) is 9.59 Å². The molecule has 1 aliphatic rings. The summed E-state index contributed by atoms with van der Waals surface area (Å²) in [5.74, 6) is -1.28. The van der Waals surface area contributed by atoms with E-state index >= 15 is 0 Å². The van der Waals surface area contributed by atoms with Crippen molar-refractivity contribution in [1.29, 1.82) is 0 Å². The molecule has 7 heteroatoms. The first-order valence-corrected chi connectivity index (χ1v) is 9.07. The van der Waals surface area contributed by atoms with E-state index in [2.05, 4.69) is 0 Å². The van der Waals surface area contributed by atoms with Gasteiger partial charge in [-0.3, -0.25) is 9.59 Å². The van der Waals surface area contributed by atoms with E-state index in [-0.39, 0.29) is 36.8 Å². The third kappa shape index (κ3) is 6.79. The van der Waals surface area contributed by atoms with E-state index in [0.717, 1.165) is 5.56 Å². The third-order valence-electron chi connectivity index (χ3n) is 4.50. The van der Waals surface area contributed by atoms with Crippen LogP contribution in [0.5, 0.6) is 0 Å². The first-order valence-electron chi connectivity index (χ1n) is 9.07. The third-order valence-corrected chi connectivity index (χ3v) is 4.50. The van der Waals surface area contributed by atoms with Crippen LogP contribution >= 0.6 is 12.4 Å². The molecule has 1 fully saturated rings. The van der Waals surface area contributed by atoms with Crippen molar-refractivity contribution in [2.75, 3.05) is 13.2 Å². The number of esters is 2. The summed E-state index contributed by atoms with van der Waals surface area (Å²) < 4.78 is 16.8.